The molecule has 0 aliphatic carbocycles. The van der Waals surface area contributed by atoms with Crippen LogP contribution in [0.1, 0.15) is 16.7 Å². The molecule has 1 aromatic rings. The lowest BCUT2D eigenvalue weighted by Crippen LogP contribution is -1.97. The molecule has 0 atom stereocenters. The maximum atomic E-state index is 12.9. The van der Waals surface area contributed by atoms with E-state index in [-0.39, 0.29) is 19.0 Å². The Bertz CT molecular complexity index is 255. The lowest BCUT2D eigenvalue weighted by Gasteiger charge is -2.06. The van der Waals surface area contributed by atoms with Crippen molar-refractivity contribution >= 4 is 0 Å². The van der Waals surface area contributed by atoms with Gasteiger partial charge in [-0.2, -0.15) is 0 Å². The van der Waals surface area contributed by atoms with Crippen molar-refractivity contribution < 1.29 is 14.6 Å². The molecule has 0 aromatic heterocycles. The fraction of sp³-hybridized carbons (Fsp3) is 0.333. The maximum Gasteiger partial charge on any atom is 0.126 e. The van der Waals surface area contributed by atoms with Crippen molar-refractivity contribution in [1.29, 1.82) is 0 Å². The van der Waals surface area contributed by atoms with Gasteiger partial charge < -0.3 is 10.2 Å². The smallest absolute Gasteiger partial charge is 0.126 e. The van der Waals surface area contributed by atoms with Gasteiger partial charge in [-0.1, -0.05) is 6.07 Å². The quantitative estimate of drug-likeness (QED) is 0.698. The molecule has 0 spiro atoms. The molecule has 0 saturated carbocycles. The number of hydrogen-bond acceptors (Lipinski definition) is 2. The normalized spacial score (nSPS) is 10.3. The summed E-state index contributed by atoms with van der Waals surface area (Å²) in [7, 11) is 0. The minimum absolute atomic E-state index is 0.170. The Labute approximate surface area is 70.3 Å². The molecule has 0 radical (unpaired) electrons. The van der Waals surface area contributed by atoms with Gasteiger partial charge >= 0.3 is 0 Å². The highest BCUT2D eigenvalue weighted by Gasteiger charge is 2.04. The van der Waals surface area contributed by atoms with Gasteiger partial charge in [-0.3, -0.25) is 0 Å². The van der Waals surface area contributed by atoms with E-state index in [4.69, 9.17) is 10.2 Å². The van der Waals surface area contributed by atoms with Crippen LogP contribution in [0.2, 0.25) is 0 Å². The molecule has 1 aromatic carbocycles. The molecule has 0 unspecified atom stereocenters. The van der Waals surface area contributed by atoms with Crippen molar-refractivity contribution in [1.82, 2.24) is 0 Å². The summed E-state index contributed by atoms with van der Waals surface area (Å²) in [5.74, 6) is -0.351. The molecule has 0 aliphatic heterocycles. The Hall–Kier alpha value is -0.930. The topological polar surface area (TPSA) is 40.5 Å². The van der Waals surface area contributed by atoms with E-state index in [0.717, 1.165) is 0 Å². The predicted octanol–water partition coefficient (Wildman–Crippen LogP) is 1.12. The molecule has 66 valence electrons. The van der Waals surface area contributed by atoms with Gasteiger partial charge in [0.1, 0.15) is 5.82 Å². The first kappa shape index (κ1) is 9.16. The number of halogens is 1. The van der Waals surface area contributed by atoms with Crippen LogP contribution in [0.5, 0.6) is 0 Å². The van der Waals surface area contributed by atoms with E-state index in [9.17, 15) is 4.39 Å². The predicted molar refractivity (Wildman–Crippen MR) is 43.0 cm³/mol. The van der Waals surface area contributed by atoms with E-state index < -0.39 is 0 Å². The second-order valence-electron chi connectivity index (χ2n) is 2.69. The van der Waals surface area contributed by atoms with Crippen LogP contribution in [0.25, 0.3) is 0 Å². The SMILES string of the molecule is Cc1cc(CO)c(CO)cc1F. The maximum absolute atomic E-state index is 12.9. The molecule has 2 N–H and O–H groups in total. The van der Waals surface area contributed by atoms with Crippen molar-refractivity contribution in [2.75, 3.05) is 0 Å². The number of benzene rings is 1. The summed E-state index contributed by atoms with van der Waals surface area (Å²) in [6.45, 7) is 1.21. The number of hydrogen-bond donors (Lipinski definition) is 2. The Morgan fingerprint density at radius 2 is 1.67 bits per heavy atom. The summed E-state index contributed by atoms with van der Waals surface area (Å²) in [6.07, 6.45) is 0. The molecule has 0 amide bonds. The van der Waals surface area contributed by atoms with Crippen LogP contribution < -0.4 is 0 Å². The Balaban J connectivity index is 3.19. The van der Waals surface area contributed by atoms with E-state index in [1.165, 1.54) is 6.07 Å². The van der Waals surface area contributed by atoms with E-state index >= 15 is 0 Å². The molecular formula is C9H11FO2. The number of aliphatic hydroxyl groups excluding tert-OH is 2. The fourth-order valence-corrected chi connectivity index (χ4v) is 1.08. The first-order chi connectivity index (χ1) is 5.69. The molecule has 0 saturated heterocycles. The van der Waals surface area contributed by atoms with Crippen LogP contribution in [0, 0.1) is 12.7 Å². The molecule has 2 nitrogen and oxygen atoms in total. The summed E-state index contributed by atoms with van der Waals surface area (Å²) < 4.78 is 12.9. The summed E-state index contributed by atoms with van der Waals surface area (Å²) >= 11 is 0. The second kappa shape index (κ2) is 3.65. The van der Waals surface area contributed by atoms with Gasteiger partial charge in [-0.15, -0.1) is 0 Å². The van der Waals surface area contributed by atoms with Crippen molar-refractivity contribution in [3.63, 3.8) is 0 Å². The Kier molecular flexibility index (Phi) is 2.78. The van der Waals surface area contributed by atoms with Gasteiger partial charge in [0.2, 0.25) is 0 Å². The molecule has 0 heterocycles. The lowest BCUT2D eigenvalue weighted by molar-refractivity contribution is 0.259. The van der Waals surface area contributed by atoms with Crippen molar-refractivity contribution in [2.24, 2.45) is 0 Å². The molecule has 1 rings (SSSR count). The standard InChI is InChI=1S/C9H11FO2/c1-6-2-7(4-11)8(5-12)3-9(6)10/h2-3,11-12H,4-5H2,1H3. The van der Waals surface area contributed by atoms with Crippen LogP contribution in [0.4, 0.5) is 4.39 Å². The van der Waals surface area contributed by atoms with E-state index in [2.05, 4.69) is 0 Å². The summed E-state index contributed by atoms with van der Waals surface area (Å²) in [4.78, 5) is 0. The van der Waals surface area contributed by atoms with Gasteiger partial charge in [0.05, 0.1) is 13.2 Å². The summed E-state index contributed by atoms with van der Waals surface area (Å²) in [5, 5.41) is 17.6. The van der Waals surface area contributed by atoms with Gasteiger partial charge in [-0.25, -0.2) is 4.39 Å². The van der Waals surface area contributed by atoms with E-state index in [1.807, 2.05) is 0 Å². The minimum atomic E-state index is -0.351. The van der Waals surface area contributed by atoms with Crippen molar-refractivity contribution in [3.05, 3.63) is 34.6 Å². The highest BCUT2D eigenvalue weighted by molar-refractivity contribution is 5.31. The summed E-state index contributed by atoms with van der Waals surface area (Å²) in [5.41, 5.74) is 1.51. The zero-order chi connectivity index (χ0) is 9.14. The summed E-state index contributed by atoms with van der Waals surface area (Å²) in [6, 6.07) is 2.79. The van der Waals surface area contributed by atoms with Crippen molar-refractivity contribution in [2.45, 2.75) is 20.1 Å². The largest absolute Gasteiger partial charge is 0.392 e. The molecule has 12 heavy (non-hydrogen) atoms. The Morgan fingerprint density at radius 1 is 1.17 bits per heavy atom. The zero-order valence-corrected chi connectivity index (χ0v) is 6.84. The van der Waals surface area contributed by atoms with Gasteiger partial charge in [0, 0.05) is 0 Å². The van der Waals surface area contributed by atoms with Gasteiger partial charge in [0.25, 0.3) is 0 Å². The van der Waals surface area contributed by atoms with Crippen LogP contribution in [0.3, 0.4) is 0 Å². The number of aryl methyl sites for hydroxylation is 1. The zero-order valence-electron chi connectivity index (χ0n) is 6.84. The third-order valence-electron chi connectivity index (χ3n) is 1.82. The average molecular weight is 170 g/mol. The molecule has 0 bridgehead atoms. The third kappa shape index (κ3) is 1.62. The number of aliphatic hydroxyl groups is 2. The average Bonchev–Trinajstić information content (AvgIpc) is 2.09. The molecule has 3 heteroatoms. The van der Waals surface area contributed by atoms with E-state index in [1.54, 1.807) is 13.0 Å². The highest BCUT2D eigenvalue weighted by atomic mass is 19.1. The molecule has 0 aliphatic rings. The first-order valence-electron chi connectivity index (χ1n) is 3.68. The van der Waals surface area contributed by atoms with Crippen LogP contribution in [0.15, 0.2) is 12.1 Å². The molecular weight excluding hydrogens is 159 g/mol. The highest BCUT2D eigenvalue weighted by Crippen LogP contribution is 2.15. The van der Waals surface area contributed by atoms with Crippen LogP contribution in [-0.2, 0) is 13.2 Å². The van der Waals surface area contributed by atoms with E-state index in [0.29, 0.717) is 16.7 Å². The fourth-order valence-electron chi connectivity index (χ4n) is 1.08. The lowest BCUT2D eigenvalue weighted by atomic mass is 10.1. The second-order valence-corrected chi connectivity index (χ2v) is 2.69. The van der Waals surface area contributed by atoms with Crippen LogP contribution >= 0.6 is 0 Å². The Morgan fingerprint density at radius 3 is 2.17 bits per heavy atom. The van der Waals surface area contributed by atoms with Crippen LogP contribution in [-0.4, -0.2) is 10.2 Å². The first-order valence-corrected chi connectivity index (χ1v) is 3.68. The minimum Gasteiger partial charge on any atom is -0.392 e. The number of rotatable bonds is 2. The third-order valence-corrected chi connectivity index (χ3v) is 1.82. The molecule has 0 fully saturated rings. The van der Waals surface area contributed by atoms with Crippen molar-refractivity contribution in [3.8, 4) is 0 Å². The van der Waals surface area contributed by atoms with Gasteiger partial charge in [0.15, 0.2) is 0 Å². The monoisotopic (exact) mass is 170 g/mol. The van der Waals surface area contributed by atoms with Gasteiger partial charge in [-0.05, 0) is 29.7 Å².